The van der Waals surface area contributed by atoms with E-state index in [9.17, 15) is 0 Å². The fraction of sp³-hybridized carbons (Fsp3) is 0.500. The highest BCUT2D eigenvalue weighted by molar-refractivity contribution is 7.11. The van der Waals surface area contributed by atoms with Gasteiger partial charge in [-0.25, -0.2) is 4.98 Å². The van der Waals surface area contributed by atoms with E-state index in [0.717, 1.165) is 12.8 Å². The Balaban J connectivity index is 1.70. The van der Waals surface area contributed by atoms with Crippen LogP contribution in [0.15, 0.2) is 24.3 Å². The molecule has 0 spiro atoms. The molecule has 0 fully saturated rings. The highest BCUT2D eigenvalue weighted by Crippen LogP contribution is 2.29. The van der Waals surface area contributed by atoms with E-state index in [4.69, 9.17) is 10.7 Å². The van der Waals surface area contributed by atoms with E-state index in [1.54, 1.807) is 0 Å². The number of hydrogen-bond donors (Lipinski definition) is 1. The van der Waals surface area contributed by atoms with Crippen molar-refractivity contribution in [3.63, 3.8) is 0 Å². The molecule has 0 aliphatic heterocycles. The van der Waals surface area contributed by atoms with Gasteiger partial charge < -0.3 is 5.73 Å². The molecule has 3 heteroatoms. The quantitative estimate of drug-likeness (QED) is 0.909. The number of aromatic nitrogens is 1. The average molecular weight is 300 g/mol. The van der Waals surface area contributed by atoms with Crippen LogP contribution in [0.4, 0.5) is 0 Å². The molecule has 21 heavy (non-hydrogen) atoms. The molecular formula is C18H24N2S. The summed E-state index contributed by atoms with van der Waals surface area (Å²) in [5.74, 6) is 0.570. The lowest BCUT2D eigenvalue weighted by atomic mass is 9.98. The van der Waals surface area contributed by atoms with Crippen molar-refractivity contribution in [1.29, 1.82) is 0 Å². The molecule has 0 amide bonds. The van der Waals surface area contributed by atoms with E-state index < -0.39 is 0 Å². The molecule has 1 aliphatic rings. The van der Waals surface area contributed by atoms with Gasteiger partial charge in [-0.3, -0.25) is 0 Å². The van der Waals surface area contributed by atoms with Crippen LogP contribution in [0.5, 0.6) is 0 Å². The van der Waals surface area contributed by atoms with Crippen molar-refractivity contribution in [2.24, 2.45) is 5.73 Å². The van der Waals surface area contributed by atoms with Gasteiger partial charge >= 0.3 is 0 Å². The van der Waals surface area contributed by atoms with E-state index in [0.29, 0.717) is 5.92 Å². The first-order valence-corrected chi connectivity index (χ1v) is 8.78. The fourth-order valence-corrected chi connectivity index (χ4v) is 4.14. The zero-order chi connectivity index (χ0) is 14.8. The van der Waals surface area contributed by atoms with Crippen LogP contribution in [0.3, 0.4) is 0 Å². The minimum Gasteiger partial charge on any atom is -0.324 e. The lowest BCUT2D eigenvalue weighted by Gasteiger charge is -2.12. The number of nitrogens with two attached hydrogens (primary N) is 1. The van der Waals surface area contributed by atoms with E-state index >= 15 is 0 Å². The summed E-state index contributed by atoms with van der Waals surface area (Å²) in [5.41, 5.74) is 10.3. The van der Waals surface area contributed by atoms with Crippen molar-refractivity contribution >= 4 is 11.3 Å². The largest absolute Gasteiger partial charge is 0.324 e. The van der Waals surface area contributed by atoms with Gasteiger partial charge in [-0.05, 0) is 42.7 Å². The van der Waals surface area contributed by atoms with Crippen LogP contribution in [0.2, 0.25) is 0 Å². The molecule has 112 valence electrons. The van der Waals surface area contributed by atoms with Crippen LogP contribution in [0.25, 0.3) is 0 Å². The highest BCUT2D eigenvalue weighted by atomic mass is 32.1. The van der Waals surface area contributed by atoms with Gasteiger partial charge in [-0.15, -0.1) is 11.3 Å². The van der Waals surface area contributed by atoms with Crippen LogP contribution < -0.4 is 5.73 Å². The molecular weight excluding hydrogens is 276 g/mol. The molecule has 1 unspecified atom stereocenters. The minimum atomic E-state index is 0.0545. The van der Waals surface area contributed by atoms with Crippen LogP contribution in [0.1, 0.15) is 65.4 Å². The maximum Gasteiger partial charge on any atom is 0.0950 e. The SMILES string of the molecule is CC(C)c1ccc(C(N)Cc2nc3c(s2)CCCC3)cc1. The van der Waals surface area contributed by atoms with Crippen LogP contribution in [0, 0.1) is 0 Å². The number of benzene rings is 1. The third kappa shape index (κ3) is 3.35. The minimum absolute atomic E-state index is 0.0545. The van der Waals surface area contributed by atoms with Crippen molar-refractivity contribution in [3.05, 3.63) is 51.0 Å². The summed E-state index contributed by atoms with van der Waals surface area (Å²) in [4.78, 5) is 6.30. The first-order valence-electron chi connectivity index (χ1n) is 7.96. The Morgan fingerprint density at radius 3 is 2.43 bits per heavy atom. The lowest BCUT2D eigenvalue weighted by molar-refractivity contribution is 0.673. The van der Waals surface area contributed by atoms with Crippen molar-refractivity contribution in [1.82, 2.24) is 4.98 Å². The number of nitrogens with zero attached hydrogens (tertiary/aromatic N) is 1. The van der Waals surface area contributed by atoms with Crippen molar-refractivity contribution in [2.75, 3.05) is 0 Å². The average Bonchev–Trinajstić information content (AvgIpc) is 2.89. The number of thiazole rings is 1. The van der Waals surface area contributed by atoms with E-state index in [1.807, 2.05) is 11.3 Å². The lowest BCUT2D eigenvalue weighted by Crippen LogP contribution is -2.13. The second-order valence-electron chi connectivity index (χ2n) is 6.32. The van der Waals surface area contributed by atoms with Gasteiger partial charge in [0.25, 0.3) is 0 Å². The van der Waals surface area contributed by atoms with E-state index in [-0.39, 0.29) is 6.04 Å². The second kappa shape index (κ2) is 6.29. The Hall–Kier alpha value is -1.19. The summed E-state index contributed by atoms with van der Waals surface area (Å²) in [5, 5.41) is 1.21. The monoisotopic (exact) mass is 300 g/mol. The predicted molar refractivity (Wildman–Crippen MR) is 89.9 cm³/mol. The maximum absolute atomic E-state index is 6.38. The molecule has 3 rings (SSSR count). The van der Waals surface area contributed by atoms with Gasteiger partial charge in [0.05, 0.1) is 10.7 Å². The Labute approximate surface area is 131 Å². The molecule has 2 aromatic rings. The topological polar surface area (TPSA) is 38.9 Å². The Bertz CT molecular complexity index is 575. The molecule has 2 nitrogen and oxygen atoms in total. The van der Waals surface area contributed by atoms with Gasteiger partial charge in [0, 0.05) is 17.3 Å². The zero-order valence-corrected chi connectivity index (χ0v) is 13.7. The van der Waals surface area contributed by atoms with Crippen LogP contribution in [-0.2, 0) is 19.3 Å². The van der Waals surface area contributed by atoms with Crippen LogP contribution in [-0.4, -0.2) is 4.98 Å². The van der Waals surface area contributed by atoms with Gasteiger partial charge in [-0.2, -0.15) is 0 Å². The van der Waals surface area contributed by atoms with Crippen LogP contribution >= 0.6 is 11.3 Å². The standard InChI is InChI=1S/C18H24N2S/c1-12(2)13-7-9-14(10-8-13)15(19)11-18-20-16-5-3-4-6-17(16)21-18/h7-10,12,15H,3-6,11,19H2,1-2H3. The molecule has 2 N–H and O–H groups in total. The Kier molecular flexibility index (Phi) is 4.41. The van der Waals surface area contributed by atoms with Crippen molar-refractivity contribution < 1.29 is 0 Å². The number of fused-ring (bicyclic) bond motifs is 1. The van der Waals surface area contributed by atoms with Gasteiger partial charge in [-0.1, -0.05) is 38.1 Å². The Morgan fingerprint density at radius 2 is 1.76 bits per heavy atom. The van der Waals surface area contributed by atoms with Crippen molar-refractivity contribution in [3.8, 4) is 0 Å². The zero-order valence-electron chi connectivity index (χ0n) is 12.9. The van der Waals surface area contributed by atoms with E-state index in [1.165, 1.54) is 46.0 Å². The van der Waals surface area contributed by atoms with Gasteiger partial charge in [0.1, 0.15) is 0 Å². The summed E-state index contributed by atoms with van der Waals surface area (Å²) in [6, 6.07) is 8.80. The number of aryl methyl sites for hydroxylation is 2. The first kappa shape index (κ1) is 14.7. The van der Waals surface area contributed by atoms with Gasteiger partial charge in [0.15, 0.2) is 0 Å². The molecule has 1 atom stereocenters. The van der Waals surface area contributed by atoms with E-state index in [2.05, 4.69) is 38.1 Å². The highest BCUT2D eigenvalue weighted by Gasteiger charge is 2.17. The third-order valence-corrected chi connectivity index (χ3v) is 5.50. The summed E-state index contributed by atoms with van der Waals surface area (Å²) >= 11 is 1.88. The summed E-state index contributed by atoms with van der Waals surface area (Å²) in [7, 11) is 0. The number of rotatable bonds is 4. The smallest absolute Gasteiger partial charge is 0.0950 e. The third-order valence-electron chi connectivity index (χ3n) is 4.32. The first-order chi connectivity index (χ1) is 10.1. The molecule has 1 aromatic heterocycles. The fourth-order valence-electron chi connectivity index (χ4n) is 2.93. The molecule has 1 heterocycles. The van der Waals surface area contributed by atoms with Gasteiger partial charge in [0.2, 0.25) is 0 Å². The summed E-state index contributed by atoms with van der Waals surface area (Å²) < 4.78 is 0. The molecule has 1 aromatic carbocycles. The summed E-state index contributed by atoms with van der Waals surface area (Å²) in [6.07, 6.45) is 5.84. The maximum atomic E-state index is 6.38. The molecule has 0 bridgehead atoms. The Morgan fingerprint density at radius 1 is 1.10 bits per heavy atom. The molecule has 0 saturated carbocycles. The molecule has 0 saturated heterocycles. The molecule has 0 radical (unpaired) electrons. The van der Waals surface area contributed by atoms with Crippen molar-refractivity contribution in [2.45, 2.75) is 57.9 Å². The number of hydrogen-bond acceptors (Lipinski definition) is 3. The second-order valence-corrected chi connectivity index (χ2v) is 7.48. The summed E-state index contributed by atoms with van der Waals surface area (Å²) in [6.45, 7) is 4.43. The normalized spacial score (nSPS) is 16.0. The predicted octanol–water partition coefficient (Wildman–Crippen LogP) is 4.39. The molecule has 1 aliphatic carbocycles.